The Morgan fingerprint density at radius 1 is 1.46 bits per heavy atom. The minimum Gasteiger partial charge on any atom is -0.312 e. The Bertz CT molecular complexity index is 338. The van der Waals surface area contributed by atoms with E-state index in [4.69, 9.17) is 6.57 Å². The molecular weight excluding hydrogens is 181 g/mol. The van der Waals surface area contributed by atoms with Gasteiger partial charge in [-0.15, -0.1) is 0 Å². The van der Waals surface area contributed by atoms with Gasteiger partial charge in [0.2, 0.25) is 6.54 Å². The Kier molecular flexibility index (Phi) is 2.52. The largest absolute Gasteiger partial charge is 0.417 e. The van der Waals surface area contributed by atoms with Crippen LogP contribution in [0.15, 0.2) is 18.5 Å². The van der Waals surface area contributed by atoms with Crippen LogP contribution in [0.2, 0.25) is 0 Å². The molecule has 13 heavy (non-hydrogen) atoms. The van der Waals surface area contributed by atoms with Crippen LogP contribution < -0.4 is 0 Å². The molecule has 0 aromatic carbocycles. The van der Waals surface area contributed by atoms with Gasteiger partial charge in [-0.1, -0.05) is 0 Å². The summed E-state index contributed by atoms with van der Waals surface area (Å²) in [6.07, 6.45) is -2.26. The van der Waals surface area contributed by atoms with E-state index in [1.807, 2.05) is 0 Å². The third kappa shape index (κ3) is 2.18. The van der Waals surface area contributed by atoms with E-state index in [1.54, 1.807) is 0 Å². The van der Waals surface area contributed by atoms with E-state index >= 15 is 0 Å². The van der Waals surface area contributed by atoms with Gasteiger partial charge in [-0.25, -0.2) is 6.57 Å². The summed E-state index contributed by atoms with van der Waals surface area (Å²) in [5, 5.41) is 0. The molecular formula is C8H5F3N2. The Morgan fingerprint density at radius 3 is 2.69 bits per heavy atom. The summed E-state index contributed by atoms with van der Waals surface area (Å²) < 4.78 is 36.7. The van der Waals surface area contributed by atoms with Gasteiger partial charge in [-0.2, -0.15) is 13.2 Å². The molecule has 0 saturated carbocycles. The third-order valence-corrected chi connectivity index (χ3v) is 1.46. The molecule has 0 atom stereocenters. The molecule has 0 aliphatic heterocycles. The topological polar surface area (TPSA) is 17.2 Å². The van der Waals surface area contributed by atoms with Crippen molar-refractivity contribution < 1.29 is 13.2 Å². The van der Waals surface area contributed by atoms with Gasteiger partial charge in [0.25, 0.3) is 0 Å². The number of rotatable bonds is 1. The zero-order chi connectivity index (χ0) is 9.90. The highest BCUT2D eigenvalue weighted by Crippen LogP contribution is 2.31. The van der Waals surface area contributed by atoms with Gasteiger partial charge in [0.15, 0.2) is 0 Å². The lowest BCUT2D eigenvalue weighted by atomic mass is 10.1. The zero-order valence-corrected chi connectivity index (χ0v) is 6.47. The van der Waals surface area contributed by atoms with Crippen LogP contribution in [0, 0.1) is 6.57 Å². The minimum atomic E-state index is -4.40. The third-order valence-electron chi connectivity index (χ3n) is 1.46. The summed E-state index contributed by atoms with van der Waals surface area (Å²) >= 11 is 0. The van der Waals surface area contributed by atoms with Crippen LogP contribution in [0.3, 0.4) is 0 Å². The molecule has 0 spiro atoms. The summed E-state index contributed by atoms with van der Waals surface area (Å²) in [5.74, 6) is 0. The minimum absolute atomic E-state index is 0.0787. The molecule has 0 saturated heterocycles. The molecule has 0 fully saturated rings. The lowest BCUT2D eigenvalue weighted by Crippen LogP contribution is -2.08. The highest BCUT2D eigenvalue weighted by Gasteiger charge is 2.33. The highest BCUT2D eigenvalue weighted by atomic mass is 19.4. The maximum Gasteiger partial charge on any atom is 0.417 e. The fourth-order valence-electron chi connectivity index (χ4n) is 0.915. The molecule has 68 valence electrons. The van der Waals surface area contributed by atoms with Gasteiger partial charge in [-0.05, 0) is 6.07 Å². The number of nitrogens with zero attached hydrogens (tertiary/aromatic N) is 2. The van der Waals surface area contributed by atoms with E-state index in [0.717, 1.165) is 18.5 Å². The van der Waals surface area contributed by atoms with Gasteiger partial charge >= 0.3 is 6.18 Å². The number of alkyl halides is 3. The van der Waals surface area contributed by atoms with Crippen molar-refractivity contribution in [3.8, 4) is 0 Å². The molecule has 1 aromatic rings. The fraction of sp³-hybridized carbons (Fsp3) is 0.250. The van der Waals surface area contributed by atoms with Crippen LogP contribution in [0.1, 0.15) is 11.1 Å². The fourth-order valence-corrected chi connectivity index (χ4v) is 0.915. The average Bonchev–Trinajstić information content (AvgIpc) is 2.04. The molecule has 5 heteroatoms. The van der Waals surface area contributed by atoms with Crippen LogP contribution in [-0.2, 0) is 12.7 Å². The predicted octanol–water partition coefficient (Wildman–Crippen LogP) is 2.52. The lowest BCUT2D eigenvalue weighted by molar-refractivity contribution is -0.138. The Balaban J connectivity index is 3.14. The normalized spacial score (nSPS) is 10.9. The van der Waals surface area contributed by atoms with Crippen molar-refractivity contribution in [1.29, 1.82) is 0 Å². The van der Waals surface area contributed by atoms with E-state index in [1.165, 1.54) is 0 Å². The molecule has 1 rings (SSSR count). The Morgan fingerprint density at radius 2 is 2.15 bits per heavy atom. The van der Waals surface area contributed by atoms with Crippen LogP contribution in [0.25, 0.3) is 4.85 Å². The second-order valence-corrected chi connectivity index (χ2v) is 2.35. The van der Waals surface area contributed by atoms with Gasteiger partial charge in [0.1, 0.15) is 0 Å². The first-order valence-corrected chi connectivity index (χ1v) is 3.39. The monoisotopic (exact) mass is 186 g/mol. The van der Waals surface area contributed by atoms with Crippen molar-refractivity contribution in [2.75, 3.05) is 0 Å². The molecule has 2 nitrogen and oxygen atoms in total. The van der Waals surface area contributed by atoms with E-state index in [2.05, 4.69) is 9.83 Å². The molecule has 0 aliphatic carbocycles. The smallest absolute Gasteiger partial charge is 0.312 e. The predicted molar refractivity (Wildman–Crippen MR) is 39.5 cm³/mol. The number of hydrogen-bond acceptors (Lipinski definition) is 1. The first kappa shape index (κ1) is 9.52. The average molecular weight is 186 g/mol. The number of halogens is 3. The standard InChI is InChI=1S/C8H5F3N2/c1-12-4-6-5-13-3-2-7(6)8(9,10)11/h2-3,5H,4H2. The van der Waals surface area contributed by atoms with E-state index in [0.29, 0.717) is 0 Å². The van der Waals surface area contributed by atoms with Gasteiger partial charge in [-0.3, -0.25) is 4.98 Å². The molecule has 0 bridgehead atoms. The quantitative estimate of drug-likeness (QED) is 0.616. The Hall–Kier alpha value is -1.57. The summed E-state index contributed by atoms with van der Waals surface area (Å²) in [6, 6.07) is 0.876. The molecule has 0 N–H and O–H groups in total. The van der Waals surface area contributed by atoms with Gasteiger partial charge < -0.3 is 4.85 Å². The summed E-state index contributed by atoms with van der Waals surface area (Å²) in [5.41, 5.74) is -0.858. The van der Waals surface area contributed by atoms with Crippen LogP contribution in [0.4, 0.5) is 13.2 Å². The van der Waals surface area contributed by atoms with Crippen molar-refractivity contribution in [1.82, 2.24) is 4.98 Å². The maximum absolute atomic E-state index is 12.2. The number of hydrogen-bond donors (Lipinski definition) is 0. The first-order valence-electron chi connectivity index (χ1n) is 3.39. The molecule has 1 heterocycles. The molecule has 1 aromatic heterocycles. The van der Waals surface area contributed by atoms with Crippen LogP contribution in [-0.4, -0.2) is 4.98 Å². The van der Waals surface area contributed by atoms with E-state index in [9.17, 15) is 13.2 Å². The van der Waals surface area contributed by atoms with Crippen LogP contribution >= 0.6 is 0 Å². The van der Waals surface area contributed by atoms with Gasteiger partial charge in [0, 0.05) is 12.4 Å². The van der Waals surface area contributed by atoms with Crippen molar-refractivity contribution in [2.45, 2.75) is 12.7 Å². The van der Waals surface area contributed by atoms with Crippen molar-refractivity contribution >= 4 is 0 Å². The maximum atomic E-state index is 12.2. The van der Waals surface area contributed by atoms with Crippen LogP contribution in [0.5, 0.6) is 0 Å². The number of pyridine rings is 1. The van der Waals surface area contributed by atoms with Crippen molar-refractivity contribution in [2.24, 2.45) is 0 Å². The number of aromatic nitrogens is 1. The summed E-state index contributed by atoms with van der Waals surface area (Å²) in [7, 11) is 0. The molecule has 0 aliphatic rings. The Labute approximate surface area is 72.8 Å². The zero-order valence-electron chi connectivity index (χ0n) is 6.47. The highest BCUT2D eigenvalue weighted by molar-refractivity contribution is 5.26. The van der Waals surface area contributed by atoms with E-state index < -0.39 is 11.7 Å². The second kappa shape index (κ2) is 3.44. The first-order chi connectivity index (χ1) is 6.05. The molecule has 0 radical (unpaired) electrons. The van der Waals surface area contributed by atoms with Gasteiger partial charge in [0.05, 0.1) is 11.1 Å². The summed E-state index contributed by atoms with van der Waals surface area (Å²) in [4.78, 5) is 6.42. The van der Waals surface area contributed by atoms with Crippen molar-refractivity contribution in [3.63, 3.8) is 0 Å². The van der Waals surface area contributed by atoms with E-state index in [-0.39, 0.29) is 12.1 Å². The lowest BCUT2D eigenvalue weighted by Gasteiger charge is -2.07. The molecule has 0 unspecified atom stereocenters. The summed E-state index contributed by atoms with van der Waals surface area (Å²) in [6.45, 7) is 6.18. The second-order valence-electron chi connectivity index (χ2n) is 2.35. The SMILES string of the molecule is [C-]#[N+]Cc1cnccc1C(F)(F)F. The molecule has 0 amide bonds. The van der Waals surface area contributed by atoms with Crippen molar-refractivity contribution in [3.05, 3.63) is 41.0 Å².